The zero-order valence-electron chi connectivity index (χ0n) is 21.0. The maximum Gasteiger partial charge on any atom is 0.330 e. The number of benzene rings is 2. The average Bonchev–Trinajstić information content (AvgIpc) is 3.69. The van der Waals surface area contributed by atoms with Gasteiger partial charge in [-0.25, -0.2) is 4.79 Å². The van der Waals surface area contributed by atoms with Crippen LogP contribution in [0, 0.1) is 0 Å². The highest BCUT2D eigenvalue weighted by Gasteiger charge is 2.31. The van der Waals surface area contributed by atoms with Crippen LogP contribution in [0.4, 0.5) is 11.5 Å². The quantitative estimate of drug-likeness (QED) is 0.301. The van der Waals surface area contributed by atoms with E-state index in [0.29, 0.717) is 17.6 Å². The van der Waals surface area contributed by atoms with Gasteiger partial charge in [0.25, 0.3) is 5.56 Å². The van der Waals surface area contributed by atoms with Crippen LogP contribution < -0.4 is 21.9 Å². The molecule has 11 heteroatoms. The van der Waals surface area contributed by atoms with E-state index in [0.717, 1.165) is 29.8 Å². The summed E-state index contributed by atoms with van der Waals surface area (Å²) in [6.45, 7) is 2.75. The Hall–Kier alpha value is -4.12. The maximum atomic E-state index is 13.4. The molecule has 38 heavy (non-hydrogen) atoms. The van der Waals surface area contributed by atoms with Crippen molar-refractivity contribution in [3.8, 4) is 0 Å². The second kappa shape index (κ2) is 11.1. The maximum absolute atomic E-state index is 13.4. The van der Waals surface area contributed by atoms with Gasteiger partial charge in [0, 0.05) is 12.5 Å². The number of amides is 1. The zero-order valence-corrected chi connectivity index (χ0v) is 21.9. The number of nitrogens with two attached hydrogens (primary N) is 1. The molecule has 10 nitrogen and oxygen atoms in total. The van der Waals surface area contributed by atoms with Gasteiger partial charge in [0.15, 0.2) is 10.8 Å². The highest BCUT2D eigenvalue weighted by molar-refractivity contribution is 7.99. The molecule has 5 rings (SSSR count). The molecule has 4 aromatic rings. The van der Waals surface area contributed by atoms with Crippen molar-refractivity contribution >= 4 is 29.2 Å². The topological polar surface area (TPSA) is 132 Å². The van der Waals surface area contributed by atoms with Gasteiger partial charge in [0.2, 0.25) is 5.91 Å². The number of aromatic amines is 1. The summed E-state index contributed by atoms with van der Waals surface area (Å²) < 4.78 is 3.34. The van der Waals surface area contributed by atoms with Gasteiger partial charge in [-0.05, 0) is 30.9 Å². The Balaban J connectivity index is 1.38. The highest BCUT2D eigenvalue weighted by atomic mass is 32.2. The minimum absolute atomic E-state index is 0.0296. The van der Waals surface area contributed by atoms with Crippen molar-refractivity contribution in [3.63, 3.8) is 0 Å². The molecule has 0 saturated heterocycles. The number of hydrogen-bond donors (Lipinski definition) is 2. The Labute approximate surface area is 223 Å². The number of nitrogen functional groups attached to an aromatic ring is 1. The molecule has 0 radical (unpaired) electrons. The average molecular weight is 532 g/mol. The van der Waals surface area contributed by atoms with Crippen LogP contribution in [0.5, 0.6) is 0 Å². The predicted octanol–water partition coefficient (Wildman–Crippen LogP) is 2.83. The number of hydrogen-bond acceptors (Lipinski definition) is 7. The third-order valence-corrected chi connectivity index (χ3v) is 7.43. The van der Waals surface area contributed by atoms with E-state index in [1.165, 1.54) is 21.2 Å². The van der Waals surface area contributed by atoms with Gasteiger partial charge in [-0.15, -0.1) is 10.2 Å². The Bertz CT molecular complexity index is 1540. The SMILES string of the molecule is CCN(C(=O)CSc1nnc(C2CC2)n1Cc1ccccc1)c1c(N)n(Cc2ccccc2)c(=O)[nH]c1=O. The number of anilines is 2. The fourth-order valence-corrected chi connectivity index (χ4v) is 5.21. The van der Waals surface area contributed by atoms with Crippen molar-refractivity contribution in [2.24, 2.45) is 0 Å². The van der Waals surface area contributed by atoms with Gasteiger partial charge in [-0.3, -0.25) is 19.1 Å². The summed E-state index contributed by atoms with van der Waals surface area (Å²) in [5, 5.41) is 9.45. The summed E-state index contributed by atoms with van der Waals surface area (Å²) >= 11 is 1.28. The number of carbonyl (C=O) groups excluding carboxylic acids is 1. The van der Waals surface area contributed by atoms with Crippen molar-refractivity contribution in [1.29, 1.82) is 0 Å². The van der Waals surface area contributed by atoms with Crippen molar-refractivity contribution in [3.05, 3.63) is 98.5 Å². The van der Waals surface area contributed by atoms with E-state index >= 15 is 0 Å². The molecule has 2 aromatic carbocycles. The van der Waals surface area contributed by atoms with E-state index in [1.54, 1.807) is 6.92 Å². The van der Waals surface area contributed by atoms with Crippen LogP contribution >= 0.6 is 11.8 Å². The number of nitrogens with zero attached hydrogens (tertiary/aromatic N) is 5. The second-order valence-corrected chi connectivity index (χ2v) is 10.1. The number of nitrogens with one attached hydrogen (secondary N) is 1. The van der Waals surface area contributed by atoms with E-state index in [9.17, 15) is 14.4 Å². The number of aromatic nitrogens is 5. The van der Waals surface area contributed by atoms with Crippen molar-refractivity contribution in [2.75, 3.05) is 22.9 Å². The lowest BCUT2D eigenvalue weighted by atomic mass is 10.2. The first-order valence-corrected chi connectivity index (χ1v) is 13.5. The van der Waals surface area contributed by atoms with E-state index in [2.05, 4.69) is 31.9 Å². The van der Waals surface area contributed by atoms with E-state index in [4.69, 9.17) is 5.73 Å². The van der Waals surface area contributed by atoms with Crippen LogP contribution in [-0.4, -0.2) is 42.5 Å². The van der Waals surface area contributed by atoms with Crippen LogP contribution in [-0.2, 0) is 17.9 Å². The third-order valence-electron chi connectivity index (χ3n) is 6.48. The second-order valence-electron chi connectivity index (χ2n) is 9.18. The summed E-state index contributed by atoms with van der Waals surface area (Å²) in [4.78, 5) is 42.4. The summed E-state index contributed by atoms with van der Waals surface area (Å²) in [5.74, 6) is 0.993. The van der Waals surface area contributed by atoms with Gasteiger partial charge in [0.05, 0.1) is 18.8 Å². The third kappa shape index (κ3) is 5.42. The molecular weight excluding hydrogens is 502 g/mol. The number of thioether (sulfide) groups is 1. The predicted molar refractivity (Wildman–Crippen MR) is 148 cm³/mol. The molecule has 0 bridgehead atoms. The summed E-state index contributed by atoms with van der Waals surface area (Å²) in [7, 11) is 0. The molecule has 1 amide bonds. The van der Waals surface area contributed by atoms with Crippen LogP contribution in [0.3, 0.4) is 0 Å². The van der Waals surface area contributed by atoms with Crippen LogP contribution in [0.15, 0.2) is 75.4 Å². The van der Waals surface area contributed by atoms with Crippen LogP contribution in [0.2, 0.25) is 0 Å². The monoisotopic (exact) mass is 531 g/mol. The first-order chi connectivity index (χ1) is 18.5. The number of carbonyl (C=O) groups is 1. The molecule has 3 N–H and O–H groups in total. The number of H-pyrrole nitrogens is 1. The molecule has 0 spiro atoms. The van der Waals surface area contributed by atoms with Gasteiger partial charge < -0.3 is 15.2 Å². The Morgan fingerprint density at radius 1 is 1.00 bits per heavy atom. The summed E-state index contributed by atoms with van der Waals surface area (Å²) in [5.41, 5.74) is 6.94. The summed E-state index contributed by atoms with van der Waals surface area (Å²) in [6.07, 6.45) is 2.17. The molecule has 0 aliphatic heterocycles. The van der Waals surface area contributed by atoms with Gasteiger partial charge in [-0.1, -0.05) is 72.4 Å². The number of rotatable bonds is 10. The van der Waals surface area contributed by atoms with Crippen molar-refractivity contribution in [2.45, 2.75) is 43.9 Å². The molecule has 0 atom stereocenters. The minimum atomic E-state index is -0.694. The van der Waals surface area contributed by atoms with E-state index in [1.807, 2.05) is 48.5 Å². The highest BCUT2D eigenvalue weighted by Crippen LogP contribution is 2.40. The zero-order chi connectivity index (χ0) is 26.6. The lowest BCUT2D eigenvalue weighted by Gasteiger charge is -2.23. The lowest BCUT2D eigenvalue weighted by Crippen LogP contribution is -2.41. The van der Waals surface area contributed by atoms with Crippen molar-refractivity contribution < 1.29 is 4.79 Å². The standard InChI is InChI=1S/C27H29N7O3S/c1-2-32(22-23(28)33(26(37)29-25(22)36)15-18-9-5-3-6-10-18)21(35)17-38-27-31-30-24(20-13-14-20)34(27)16-19-11-7-4-8-12-19/h3-12,20H,2,13-17,28H2,1H3,(H,29,36,37). The molecule has 0 unspecified atom stereocenters. The fraction of sp³-hybridized carbons (Fsp3) is 0.296. The fourth-order valence-electron chi connectivity index (χ4n) is 4.39. The smallest absolute Gasteiger partial charge is 0.330 e. The Morgan fingerprint density at radius 2 is 1.61 bits per heavy atom. The lowest BCUT2D eigenvalue weighted by molar-refractivity contribution is -0.116. The molecule has 2 aromatic heterocycles. The normalized spacial score (nSPS) is 13.0. The van der Waals surface area contributed by atoms with E-state index < -0.39 is 11.2 Å². The van der Waals surface area contributed by atoms with Gasteiger partial charge in [0.1, 0.15) is 11.6 Å². The van der Waals surface area contributed by atoms with Crippen molar-refractivity contribution in [1.82, 2.24) is 24.3 Å². The first-order valence-electron chi connectivity index (χ1n) is 12.5. The first kappa shape index (κ1) is 25.5. The van der Waals surface area contributed by atoms with Crippen LogP contribution in [0.1, 0.15) is 42.6 Å². The van der Waals surface area contributed by atoms with Gasteiger partial charge >= 0.3 is 5.69 Å². The molecule has 1 fully saturated rings. The van der Waals surface area contributed by atoms with E-state index in [-0.39, 0.29) is 36.3 Å². The largest absolute Gasteiger partial charge is 0.383 e. The molecular formula is C27H29N7O3S. The summed E-state index contributed by atoms with van der Waals surface area (Å²) in [6, 6.07) is 19.4. The Kier molecular flexibility index (Phi) is 7.45. The molecule has 2 heterocycles. The molecule has 1 aliphatic carbocycles. The molecule has 196 valence electrons. The van der Waals surface area contributed by atoms with Gasteiger partial charge in [-0.2, -0.15) is 0 Å². The van der Waals surface area contributed by atoms with Crippen LogP contribution in [0.25, 0.3) is 0 Å². The Morgan fingerprint density at radius 3 is 2.18 bits per heavy atom. The molecule has 1 saturated carbocycles. The minimum Gasteiger partial charge on any atom is -0.383 e. The molecule has 1 aliphatic rings.